The summed E-state index contributed by atoms with van der Waals surface area (Å²) in [5.41, 5.74) is 3.65. The summed E-state index contributed by atoms with van der Waals surface area (Å²) < 4.78 is 43.3. The van der Waals surface area contributed by atoms with Gasteiger partial charge in [-0.3, -0.25) is 15.0 Å². The van der Waals surface area contributed by atoms with Gasteiger partial charge in [0.25, 0.3) is 5.91 Å². The molecule has 1 atom stereocenters. The molecule has 0 unspecified atom stereocenters. The Hall–Kier alpha value is -4.95. The highest BCUT2D eigenvalue weighted by Gasteiger charge is 2.32. The highest BCUT2D eigenvalue weighted by atomic mass is 32.1. The number of hydrogen-bond donors (Lipinski definition) is 4. The number of nitrogens with zero attached hydrogens (tertiary/aromatic N) is 2. The fourth-order valence-corrected chi connectivity index (χ4v) is 5.77. The summed E-state index contributed by atoms with van der Waals surface area (Å²) in [6.45, 7) is -0.410. The predicted molar refractivity (Wildman–Crippen MR) is 167 cm³/mol. The lowest BCUT2D eigenvalue weighted by Crippen LogP contribution is -2.36. The van der Waals surface area contributed by atoms with E-state index in [2.05, 4.69) is 26.4 Å². The SMILES string of the molecule is O=C(NC[C@@H](O)C(=O)O)c1ccc(CN(C(=O)Nc2nc3c(OC(F)(F)F)cccc3s2)c2ccc(C3=CCCCC3)cc2)cc1. The van der Waals surface area contributed by atoms with E-state index in [1.807, 2.05) is 24.3 Å². The third-order valence-electron chi connectivity index (χ3n) is 7.21. The van der Waals surface area contributed by atoms with Gasteiger partial charge in [-0.1, -0.05) is 47.7 Å². The third-order valence-corrected chi connectivity index (χ3v) is 8.14. The number of thiazole rings is 1. The number of urea groups is 1. The number of rotatable bonds is 10. The molecule has 0 saturated carbocycles. The summed E-state index contributed by atoms with van der Waals surface area (Å²) in [7, 11) is 0. The van der Waals surface area contributed by atoms with Crippen LogP contribution < -0.4 is 20.3 Å². The average Bonchev–Trinajstić information content (AvgIpc) is 3.46. The number of carbonyl (C=O) groups excluding carboxylic acids is 2. The number of aliphatic carboxylic acids is 1. The molecule has 46 heavy (non-hydrogen) atoms. The van der Waals surface area contributed by atoms with E-state index in [4.69, 9.17) is 5.11 Å². The van der Waals surface area contributed by atoms with Crippen molar-refractivity contribution in [2.24, 2.45) is 0 Å². The molecule has 0 radical (unpaired) electrons. The number of aliphatic hydroxyl groups is 1. The first-order chi connectivity index (χ1) is 22.0. The predicted octanol–water partition coefficient (Wildman–Crippen LogP) is 6.57. The molecule has 3 aromatic carbocycles. The molecule has 240 valence electrons. The van der Waals surface area contributed by atoms with E-state index in [1.165, 1.54) is 28.7 Å². The lowest BCUT2D eigenvalue weighted by molar-refractivity contribution is -0.274. The van der Waals surface area contributed by atoms with Gasteiger partial charge in [-0.15, -0.1) is 13.2 Å². The van der Waals surface area contributed by atoms with Gasteiger partial charge < -0.3 is 20.3 Å². The fraction of sp³-hybridized carbons (Fsp3) is 0.250. The van der Waals surface area contributed by atoms with Crippen molar-refractivity contribution >= 4 is 55.9 Å². The molecular formula is C32H29F3N4O6S. The maximum Gasteiger partial charge on any atom is 0.573 e. The van der Waals surface area contributed by atoms with Gasteiger partial charge in [-0.2, -0.15) is 0 Å². The van der Waals surface area contributed by atoms with E-state index in [9.17, 15) is 32.7 Å². The van der Waals surface area contributed by atoms with Crippen LogP contribution in [0.1, 0.15) is 47.2 Å². The van der Waals surface area contributed by atoms with E-state index in [1.54, 1.807) is 18.2 Å². The number of carbonyl (C=O) groups is 3. The molecule has 4 aromatic rings. The lowest BCUT2D eigenvalue weighted by Gasteiger charge is -2.24. The zero-order valence-electron chi connectivity index (χ0n) is 24.2. The second kappa shape index (κ2) is 14.0. The fourth-order valence-electron chi connectivity index (χ4n) is 4.90. The minimum atomic E-state index is -4.91. The maximum atomic E-state index is 13.7. The van der Waals surface area contributed by atoms with Crippen LogP contribution in [0.2, 0.25) is 0 Å². The molecule has 5 rings (SSSR count). The molecule has 0 aliphatic heterocycles. The van der Waals surface area contributed by atoms with E-state index < -0.39 is 42.7 Å². The number of nitrogens with one attached hydrogen (secondary N) is 2. The number of carboxylic acid groups (broad SMARTS) is 1. The van der Waals surface area contributed by atoms with E-state index >= 15 is 0 Å². The summed E-state index contributed by atoms with van der Waals surface area (Å²) in [5, 5.41) is 23.3. The molecule has 14 heteroatoms. The van der Waals surface area contributed by atoms with Gasteiger partial charge in [0.2, 0.25) is 0 Å². The van der Waals surface area contributed by atoms with Crippen LogP contribution in [-0.2, 0) is 11.3 Å². The minimum Gasteiger partial charge on any atom is -0.479 e. The highest BCUT2D eigenvalue weighted by Crippen LogP contribution is 2.35. The number of alkyl halides is 3. The summed E-state index contributed by atoms with van der Waals surface area (Å²) >= 11 is 0.996. The topological polar surface area (TPSA) is 141 Å². The Labute approximate surface area is 265 Å². The Morgan fingerprint density at radius 1 is 1.02 bits per heavy atom. The standard InChI is InChI=1S/C32H29F3N4O6S/c33-32(34,35)45-25-7-4-8-26-27(25)37-30(46-26)38-31(44)39(23-15-13-21(14-16-23)20-5-2-1-3-6-20)18-19-9-11-22(12-10-19)28(41)36-17-24(40)29(42)43/h4-5,7-16,24,40H,1-3,6,17-18H2,(H,36,41)(H,42,43)(H,37,38,44)/t24-/m1/s1. The molecule has 0 saturated heterocycles. The first-order valence-corrected chi connectivity index (χ1v) is 15.1. The Balaban J connectivity index is 1.38. The van der Waals surface area contributed by atoms with Crippen molar-refractivity contribution in [3.63, 3.8) is 0 Å². The minimum absolute atomic E-state index is 0.0403. The van der Waals surface area contributed by atoms with E-state index in [-0.39, 0.29) is 22.8 Å². The van der Waals surface area contributed by atoms with Crippen LogP contribution in [-0.4, -0.2) is 52.1 Å². The quantitative estimate of drug-likeness (QED) is 0.152. The molecule has 10 nitrogen and oxygen atoms in total. The van der Waals surface area contributed by atoms with Crippen molar-refractivity contribution in [1.29, 1.82) is 0 Å². The van der Waals surface area contributed by atoms with Crippen molar-refractivity contribution < 1.29 is 42.5 Å². The normalized spacial score (nSPS) is 13.9. The van der Waals surface area contributed by atoms with E-state index in [0.29, 0.717) is 16.0 Å². The number of anilines is 2. The molecular weight excluding hydrogens is 625 g/mol. The lowest BCUT2D eigenvalue weighted by atomic mass is 9.93. The molecule has 1 aliphatic carbocycles. The van der Waals surface area contributed by atoms with Crippen molar-refractivity contribution in [3.8, 4) is 5.75 Å². The van der Waals surface area contributed by atoms with E-state index in [0.717, 1.165) is 48.6 Å². The Bertz CT molecular complexity index is 1760. The van der Waals surface area contributed by atoms with Crippen LogP contribution in [0.4, 0.5) is 28.8 Å². The number of carboxylic acids is 1. The number of aromatic nitrogens is 1. The number of fused-ring (bicyclic) bond motifs is 1. The number of benzene rings is 3. The zero-order valence-corrected chi connectivity index (χ0v) is 25.0. The largest absolute Gasteiger partial charge is 0.573 e. The molecule has 4 N–H and O–H groups in total. The van der Waals surface area contributed by atoms with Crippen LogP contribution >= 0.6 is 11.3 Å². The number of allylic oxidation sites excluding steroid dienone is 2. The van der Waals surface area contributed by atoms with Crippen molar-refractivity contribution in [1.82, 2.24) is 10.3 Å². The summed E-state index contributed by atoms with van der Waals surface area (Å²) in [5.74, 6) is -2.52. The maximum absolute atomic E-state index is 13.7. The van der Waals surface area contributed by atoms with Crippen LogP contribution in [0.3, 0.4) is 0 Å². The van der Waals surface area contributed by atoms with Gasteiger partial charge in [0.1, 0.15) is 5.52 Å². The zero-order chi connectivity index (χ0) is 32.8. The van der Waals surface area contributed by atoms with Crippen LogP contribution in [0, 0.1) is 0 Å². The second-order valence-electron chi connectivity index (χ2n) is 10.5. The Kier molecular flexibility index (Phi) is 9.87. The van der Waals surface area contributed by atoms with Gasteiger partial charge in [-0.05, 0) is 78.8 Å². The monoisotopic (exact) mass is 654 g/mol. The molecule has 1 aromatic heterocycles. The molecule has 1 aliphatic rings. The van der Waals surface area contributed by atoms with Crippen LogP contribution in [0.15, 0.2) is 72.8 Å². The smallest absolute Gasteiger partial charge is 0.479 e. The van der Waals surface area contributed by atoms with Gasteiger partial charge >= 0.3 is 18.4 Å². The average molecular weight is 655 g/mol. The van der Waals surface area contributed by atoms with Gasteiger partial charge in [0.15, 0.2) is 17.0 Å². The van der Waals surface area contributed by atoms with Crippen molar-refractivity contribution in [2.45, 2.75) is 44.7 Å². The van der Waals surface area contributed by atoms with Crippen molar-refractivity contribution in [3.05, 3.63) is 89.5 Å². The first kappa shape index (κ1) is 32.4. The Morgan fingerprint density at radius 2 is 1.76 bits per heavy atom. The second-order valence-corrected chi connectivity index (χ2v) is 11.5. The van der Waals surface area contributed by atoms with Gasteiger partial charge in [-0.25, -0.2) is 14.6 Å². The summed E-state index contributed by atoms with van der Waals surface area (Å²) in [4.78, 5) is 42.5. The number of ether oxygens (including phenoxy) is 1. The molecule has 1 heterocycles. The number of halogens is 3. The summed E-state index contributed by atoms with van der Waals surface area (Å²) in [6, 6.07) is 17.3. The number of amides is 3. The summed E-state index contributed by atoms with van der Waals surface area (Å²) in [6.07, 6.45) is -0.200. The van der Waals surface area contributed by atoms with Gasteiger partial charge in [0.05, 0.1) is 17.8 Å². The molecule has 3 amide bonds. The van der Waals surface area contributed by atoms with Crippen LogP contribution in [0.25, 0.3) is 15.8 Å². The third kappa shape index (κ3) is 8.20. The Morgan fingerprint density at radius 3 is 2.41 bits per heavy atom. The van der Waals surface area contributed by atoms with Crippen molar-refractivity contribution in [2.75, 3.05) is 16.8 Å². The van der Waals surface area contributed by atoms with Gasteiger partial charge in [0, 0.05) is 11.3 Å². The molecule has 0 bridgehead atoms. The number of para-hydroxylation sites is 1. The molecule has 0 spiro atoms. The molecule has 0 fully saturated rings. The number of aliphatic hydroxyl groups excluding tert-OH is 1. The highest BCUT2D eigenvalue weighted by molar-refractivity contribution is 7.22. The van der Waals surface area contributed by atoms with Crippen LogP contribution in [0.5, 0.6) is 5.75 Å². The number of hydrogen-bond acceptors (Lipinski definition) is 7. The first-order valence-electron chi connectivity index (χ1n) is 14.3.